The van der Waals surface area contributed by atoms with Gasteiger partial charge in [-0.25, -0.2) is 0 Å². The second kappa shape index (κ2) is 8.31. The summed E-state index contributed by atoms with van der Waals surface area (Å²) in [5.41, 5.74) is 0.625. The number of halogens is 2. The maximum atomic E-state index is 12.0. The molecule has 0 saturated carbocycles. The number of carbonyl (C=O) groups is 1. The summed E-state index contributed by atoms with van der Waals surface area (Å²) in [5.74, 6) is -0.0494. The fraction of sp³-hybridized carbons (Fsp3) is 0.533. The number of nitrogens with zero attached hydrogens (tertiary/aromatic N) is 2. The molecule has 0 aliphatic carbocycles. The van der Waals surface area contributed by atoms with Gasteiger partial charge in [-0.2, -0.15) is 0 Å². The van der Waals surface area contributed by atoms with Crippen molar-refractivity contribution in [1.29, 1.82) is 0 Å². The highest BCUT2D eigenvalue weighted by molar-refractivity contribution is 14.1. The van der Waals surface area contributed by atoms with Crippen molar-refractivity contribution in [1.82, 2.24) is 15.1 Å². The molecule has 1 aromatic rings. The summed E-state index contributed by atoms with van der Waals surface area (Å²) in [6.45, 7) is 6.26. The quantitative estimate of drug-likeness (QED) is 0.585. The Morgan fingerprint density at radius 2 is 2.05 bits per heavy atom. The van der Waals surface area contributed by atoms with Crippen molar-refractivity contribution in [3.8, 4) is 0 Å². The van der Waals surface area contributed by atoms with Crippen LogP contribution in [-0.4, -0.2) is 62.0 Å². The number of piperazine rings is 1. The average molecular weight is 422 g/mol. The van der Waals surface area contributed by atoms with E-state index in [0.717, 1.165) is 42.7 Å². The van der Waals surface area contributed by atoms with Crippen molar-refractivity contribution in [3.05, 3.63) is 32.4 Å². The van der Waals surface area contributed by atoms with Crippen LogP contribution in [0.3, 0.4) is 0 Å². The lowest BCUT2D eigenvalue weighted by atomic mass is 10.2. The molecule has 0 atom stereocenters. The Morgan fingerprint density at radius 1 is 1.33 bits per heavy atom. The maximum absolute atomic E-state index is 12.0. The Balaban J connectivity index is 1.68. The van der Waals surface area contributed by atoms with Crippen LogP contribution < -0.4 is 5.32 Å². The van der Waals surface area contributed by atoms with Gasteiger partial charge >= 0.3 is 0 Å². The molecule has 1 saturated heterocycles. The van der Waals surface area contributed by atoms with E-state index in [9.17, 15) is 4.79 Å². The predicted molar refractivity (Wildman–Crippen MR) is 95.1 cm³/mol. The van der Waals surface area contributed by atoms with E-state index in [2.05, 4.69) is 44.8 Å². The van der Waals surface area contributed by atoms with Crippen LogP contribution >= 0.6 is 34.2 Å². The average Bonchev–Trinajstić information content (AvgIpc) is 2.48. The van der Waals surface area contributed by atoms with Crippen molar-refractivity contribution in [3.63, 3.8) is 0 Å². The Morgan fingerprint density at radius 3 is 2.71 bits per heavy atom. The zero-order valence-electron chi connectivity index (χ0n) is 12.2. The first kappa shape index (κ1) is 17.0. The van der Waals surface area contributed by atoms with Gasteiger partial charge in [0.1, 0.15) is 0 Å². The number of rotatable bonds is 5. The standard InChI is InChI=1S/C15H21ClIN3O/c1-19-7-9-20(10-8-19)6-2-5-18-15(21)12-3-4-14(17)13(16)11-12/h3-4,11H,2,5-10H2,1H3,(H,18,21). The van der Waals surface area contributed by atoms with Gasteiger partial charge in [-0.15, -0.1) is 0 Å². The molecule has 21 heavy (non-hydrogen) atoms. The molecule has 1 N–H and O–H groups in total. The van der Waals surface area contributed by atoms with Crippen LogP contribution in [0.4, 0.5) is 0 Å². The molecule has 1 amide bonds. The van der Waals surface area contributed by atoms with Gasteiger partial charge in [-0.3, -0.25) is 4.79 Å². The zero-order valence-corrected chi connectivity index (χ0v) is 15.2. The molecule has 0 unspecified atom stereocenters. The first-order valence-electron chi connectivity index (χ1n) is 7.20. The van der Waals surface area contributed by atoms with E-state index in [0.29, 0.717) is 17.1 Å². The molecule has 2 rings (SSSR count). The summed E-state index contributed by atoms with van der Waals surface area (Å²) < 4.78 is 0.959. The van der Waals surface area contributed by atoms with E-state index in [1.54, 1.807) is 6.07 Å². The summed E-state index contributed by atoms with van der Waals surface area (Å²) >= 11 is 8.19. The van der Waals surface area contributed by atoms with E-state index in [1.165, 1.54) is 0 Å². The molecule has 0 bridgehead atoms. The second-order valence-electron chi connectivity index (χ2n) is 5.38. The first-order valence-corrected chi connectivity index (χ1v) is 8.66. The third-order valence-corrected chi connectivity index (χ3v) is 5.29. The van der Waals surface area contributed by atoms with Gasteiger partial charge < -0.3 is 15.1 Å². The van der Waals surface area contributed by atoms with Crippen molar-refractivity contribution in [2.45, 2.75) is 6.42 Å². The van der Waals surface area contributed by atoms with Gasteiger partial charge in [0.15, 0.2) is 0 Å². The molecule has 1 aliphatic heterocycles. The Bertz CT molecular complexity index is 490. The van der Waals surface area contributed by atoms with Crippen LogP contribution in [-0.2, 0) is 0 Å². The number of nitrogens with one attached hydrogen (secondary N) is 1. The molecule has 116 valence electrons. The van der Waals surface area contributed by atoms with Crippen molar-refractivity contribution >= 4 is 40.1 Å². The normalized spacial score (nSPS) is 16.9. The van der Waals surface area contributed by atoms with Crippen LogP contribution in [0.15, 0.2) is 18.2 Å². The summed E-state index contributed by atoms with van der Waals surface area (Å²) in [7, 11) is 2.16. The second-order valence-corrected chi connectivity index (χ2v) is 6.95. The highest BCUT2D eigenvalue weighted by Crippen LogP contribution is 2.19. The summed E-state index contributed by atoms with van der Waals surface area (Å²) in [6.07, 6.45) is 0.980. The smallest absolute Gasteiger partial charge is 0.251 e. The monoisotopic (exact) mass is 421 g/mol. The van der Waals surface area contributed by atoms with Crippen LogP contribution in [0.25, 0.3) is 0 Å². The van der Waals surface area contributed by atoms with Crippen LogP contribution in [0.2, 0.25) is 5.02 Å². The SMILES string of the molecule is CN1CCN(CCCNC(=O)c2ccc(I)c(Cl)c2)CC1. The molecule has 4 nitrogen and oxygen atoms in total. The van der Waals surface area contributed by atoms with Crippen molar-refractivity contribution < 1.29 is 4.79 Å². The predicted octanol–water partition coefficient (Wildman–Crippen LogP) is 2.31. The van der Waals surface area contributed by atoms with Gasteiger partial charge in [0.05, 0.1) is 5.02 Å². The van der Waals surface area contributed by atoms with E-state index in [-0.39, 0.29) is 5.91 Å². The third-order valence-electron chi connectivity index (χ3n) is 3.71. The molecular weight excluding hydrogens is 401 g/mol. The Hall–Kier alpha value is -0.370. The minimum atomic E-state index is -0.0494. The highest BCUT2D eigenvalue weighted by Gasteiger charge is 2.13. The highest BCUT2D eigenvalue weighted by atomic mass is 127. The first-order chi connectivity index (χ1) is 10.1. The van der Waals surface area contributed by atoms with E-state index in [1.807, 2.05) is 12.1 Å². The fourth-order valence-corrected chi connectivity index (χ4v) is 2.83. The number of likely N-dealkylation sites (N-methyl/N-ethyl adjacent to an activating group) is 1. The molecule has 1 aromatic carbocycles. The van der Waals surface area contributed by atoms with Crippen LogP contribution in [0.1, 0.15) is 16.8 Å². The molecule has 6 heteroatoms. The van der Waals surface area contributed by atoms with Crippen molar-refractivity contribution in [2.75, 3.05) is 46.3 Å². The molecule has 1 aliphatic rings. The Kier molecular flexibility index (Phi) is 6.73. The number of carbonyl (C=O) groups excluding carboxylic acids is 1. The molecule has 0 aromatic heterocycles. The fourth-order valence-electron chi connectivity index (χ4n) is 2.32. The third kappa shape index (κ3) is 5.39. The minimum absolute atomic E-state index is 0.0494. The summed E-state index contributed by atoms with van der Waals surface area (Å²) in [6, 6.07) is 5.39. The van der Waals surface area contributed by atoms with Gasteiger partial charge in [-0.05, 0) is 60.8 Å². The van der Waals surface area contributed by atoms with Gasteiger partial charge in [0, 0.05) is 41.9 Å². The minimum Gasteiger partial charge on any atom is -0.352 e. The van der Waals surface area contributed by atoms with E-state index in [4.69, 9.17) is 11.6 Å². The molecule has 0 spiro atoms. The Labute approximate surface area is 145 Å². The number of benzene rings is 1. The molecule has 1 heterocycles. The number of hydrogen-bond acceptors (Lipinski definition) is 3. The van der Waals surface area contributed by atoms with Crippen LogP contribution in [0, 0.1) is 3.57 Å². The molecular formula is C15H21ClIN3O. The summed E-state index contributed by atoms with van der Waals surface area (Å²) in [5, 5.41) is 3.58. The lowest BCUT2D eigenvalue weighted by Crippen LogP contribution is -2.45. The van der Waals surface area contributed by atoms with Gasteiger partial charge in [-0.1, -0.05) is 11.6 Å². The lowest BCUT2D eigenvalue weighted by Gasteiger charge is -2.32. The largest absolute Gasteiger partial charge is 0.352 e. The number of hydrogen-bond donors (Lipinski definition) is 1. The summed E-state index contributed by atoms with van der Waals surface area (Å²) in [4.78, 5) is 16.8. The van der Waals surface area contributed by atoms with E-state index < -0.39 is 0 Å². The maximum Gasteiger partial charge on any atom is 0.251 e. The molecule has 1 fully saturated rings. The zero-order chi connectivity index (χ0) is 15.2. The van der Waals surface area contributed by atoms with Crippen LogP contribution in [0.5, 0.6) is 0 Å². The van der Waals surface area contributed by atoms with Gasteiger partial charge in [0.25, 0.3) is 5.91 Å². The molecule has 0 radical (unpaired) electrons. The lowest BCUT2D eigenvalue weighted by molar-refractivity contribution is 0.0949. The number of amides is 1. The topological polar surface area (TPSA) is 35.6 Å². The van der Waals surface area contributed by atoms with Crippen molar-refractivity contribution in [2.24, 2.45) is 0 Å². The van der Waals surface area contributed by atoms with E-state index >= 15 is 0 Å². The van der Waals surface area contributed by atoms with Gasteiger partial charge in [0.2, 0.25) is 0 Å².